The molecule has 28 heavy (non-hydrogen) atoms. The van der Waals surface area contributed by atoms with Crippen LogP contribution in [0.2, 0.25) is 0 Å². The molecule has 1 heterocycles. The number of aromatic nitrogens is 1. The molecular formula is C23H28N4O. The molecule has 0 spiro atoms. The number of nitrogens with zero attached hydrogens (tertiary/aromatic N) is 3. The van der Waals surface area contributed by atoms with Gasteiger partial charge in [0, 0.05) is 37.4 Å². The van der Waals surface area contributed by atoms with Crippen molar-refractivity contribution in [1.82, 2.24) is 9.88 Å². The number of pyridine rings is 1. The monoisotopic (exact) mass is 376 g/mol. The quantitative estimate of drug-likeness (QED) is 0.528. The van der Waals surface area contributed by atoms with Gasteiger partial charge in [-0.2, -0.15) is 5.26 Å². The fourth-order valence-corrected chi connectivity index (χ4v) is 3.04. The summed E-state index contributed by atoms with van der Waals surface area (Å²) in [5, 5.41) is 12.5. The van der Waals surface area contributed by atoms with Crippen molar-refractivity contribution in [3.63, 3.8) is 0 Å². The van der Waals surface area contributed by atoms with Crippen molar-refractivity contribution in [1.29, 1.82) is 5.26 Å². The number of likely N-dealkylation sites (N-methyl/N-ethyl adjacent to an activating group) is 1. The number of rotatable bonds is 9. The number of hydrogen-bond donors (Lipinski definition) is 1. The number of amides is 1. The molecule has 0 saturated heterocycles. The highest BCUT2D eigenvalue weighted by Crippen LogP contribution is 2.23. The molecule has 1 aromatic carbocycles. The number of nitrogens with one attached hydrogen (secondary N) is 1. The third-order valence-corrected chi connectivity index (χ3v) is 4.76. The second-order valence-electron chi connectivity index (χ2n) is 6.50. The van der Waals surface area contributed by atoms with Crippen LogP contribution in [0.15, 0.2) is 54.5 Å². The Morgan fingerprint density at radius 2 is 1.79 bits per heavy atom. The third-order valence-electron chi connectivity index (χ3n) is 4.76. The van der Waals surface area contributed by atoms with E-state index in [1.54, 1.807) is 18.6 Å². The molecule has 5 heteroatoms. The molecule has 5 nitrogen and oxygen atoms in total. The minimum Gasteiger partial charge on any atom is -0.376 e. The van der Waals surface area contributed by atoms with Crippen LogP contribution in [0.25, 0.3) is 0 Å². The van der Waals surface area contributed by atoms with Gasteiger partial charge in [-0.1, -0.05) is 32.0 Å². The minimum atomic E-state index is -0.361. The second kappa shape index (κ2) is 10.9. The van der Waals surface area contributed by atoms with Crippen molar-refractivity contribution in [3.8, 4) is 6.07 Å². The van der Waals surface area contributed by atoms with Gasteiger partial charge in [-0.25, -0.2) is 0 Å². The van der Waals surface area contributed by atoms with Gasteiger partial charge in [0.25, 0.3) is 5.91 Å². The van der Waals surface area contributed by atoms with Crippen molar-refractivity contribution >= 4 is 11.6 Å². The zero-order valence-corrected chi connectivity index (χ0v) is 16.9. The predicted octanol–water partition coefficient (Wildman–Crippen LogP) is 4.12. The molecule has 0 bridgehead atoms. The standard InChI is InChI=1S/C23H28N4O/c1-4-19-8-7-9-20(5-2)22(19)26-23(28)21(16-24)17-27(6-3)15-12-18-10-13-25-14-11-18/h7-11,13-14,17H,4-6,12,15H2,1-3H3,(H,26,28)/b21-17-. The molecule has 0 atom stereocenters. The Balaban J connectivity index is 2.14. The molecule has 0 saturated carbocycles. The average molecular weight is 377 g/mol. The first kappa shape index (κ1) is 21.2. The summed E-state index contributed by atoms with van der Waals surface area (Å²) in [7, 11) is 0. The third kappa shape index (κ3) is 5.68. The number of hydrogen-bond acceptors (Lipinski definition) is 4. The predicted molar refractivity (Wildman–Crippen MR) is 113 cm³/mol. The van der Waals surface area contributed by atoms with E-state index < -0.39 is 0 Å². The summed E-state index contributed by atoms with van der Waals surface area (Å²) in [5.41, 5.74) is 4.28. The van der Waals surface area contributed by atoms with Crippen LogP contribution in [-0.4, -0.2) is 28.9 Å². The van der Waals surface area contributed by atoms with E-state index in [0.29, 0.717) is 0 Å². The first-order valence-corrected chi connectivity index (χ1v) is 9.79. The number of carbonyl (C=O) groups excluding carboxylic acids is 1. The van der Waals surface area contributed by atoms with Crippen molar-refractivity contribution in [3.05, 3.63) is 71.2 Å². The lowest BCUT2D eigenvalue weighted by Crippen LogP contribution is -2.23. The lowest BCUT2D eigenvalue weighted by atomic mass is 10.0. The number of para-hydroxylation sites is 1. The first-order chi connectivity index (χ1) is 13.6. The molecule has 0 aliphatic rings. The highest BCUT2D eigenvalue weighted by Gasteiger charge is 2.15. The maximum Gasteiger partial charge on any atom is 0.267 e. The topological polar surface area (TPSA) is 69.0 Å². The highest BCUT2D eigenvalue weighted by molar-refractivity contribution is 6.07. The Kier molecular flexibility index (Phi) is 8.23. The Labute approximate surface area is 167 Å². The van der Waals surface area contributed by atoms with Gasteiger partial charge in [0.1, 0.15) is 11.6 Å². The van der Waals surface area contributed by atoms with Gasteiger partial charge >= 0.3 is 0 Å². The van der Waals surface area contributed by atoms with E-state index in [1.807, 2.05) is 42.2 Å². The van der Waals surface area contributed by atoms with Crippen LogP contribution in [-0.2, 0) is 24.1 Å². The highest BCUT2D eigenvalue weighted by atomic mass is 16.1. The zero-order chi connectivity index (χ0) is 20.4. The Morgan fingerprint density at radius 1 is 1.14 bits per heavy atom. The first-order valence-electron chi connectivity index (χ1n) is 9.79. The van der Waals surface area contributed by atoms with Gasteiger partial charge in [0.2, 0.25) is 0 Å². The fraction of sp³-hybridized carbons (Fsp3) is 0.348. The van der Waals surface area contributed by atoms with Gasteiger partial charge in [0.15, 0.2) is 0 Å². The van der Waals surface area contributed by atoms with Gasteiger partial charge in [-0.3, -0.25) is 9.78 Å². The van der Waals surface area contributed by atoms with Crippen LogP contribution < -0.4 is 5.32 Å². The molecule has 1 aromatic heterocycles. The number of aryl methyl sites for hydroxylation is 2. The summed E-state index contributed by atoms with van der Waals surface area (Å²) in [6, 6.07) is 12.0. The van der Waals surface area contributed by atoms with Crippen LogP contribution in [0.5, 0.6) is 0 Å². The molecule has 0 aliphatic heterocycles. The van der Waals surface area contributed by atoms with Crippen LogP contribution in [0.3, 0.4) is 0 Å². The second-order valence-corrected chi connectivity index (χ2v) is 6.50. The minimum absolute atomic E-state index is 0.115. The van der Waals surface area contributed by atoms with E-state index in [9.17, 15) is 10.1 Å². The van der Waals surface area contributed by atoms with Gasteiger partial charge in [0.05, 0.1) is 0 Å². The smallest absolute Gasteiger partial charge is 0.267 e. The number of carbonyl (C=O) groups is 1. The Bertz CT molecular complexity index is 830. The molecule has 146 valence electrons. The fourth-order valence-electron chi connectivity index (χ4n) is 3.04. The normalized spacial score (nSPS) is 11.0. The number of anilines is 1. The number of nitriles is 1. The molecule has 0 aliphatic carbocycles. The summed E-state index contributed by atoms with van der Waals surface area (Å²) in [5.74, 6) is -0.361. The Morgan fingerprint density at radius 3 is 2.32 bits per heavy atom. The van der Waals surface area contributed by atoms with E-state index in [0.717, 1.165) is 49.2 Å². The van der Waals surface area contributed by atoms with Gasteiger partial charge in [-0.05, 0) is 55.0 Å². The van der Waals surface area contributed by atoms with Gasteiger partial charge < -0.3 is 10.2 Å². The molecule has 1 amide bonds. The van der Waals surface area contributed by atoms with E-state index in [2.05, 4.69) is 30.2 Å². The summed E-state index contributed by atoms with van der Waals surface area (Å²) in [6.07, 6.45) is 7.67. The molecule has 0 unspecified atom stereocenters. The zero-order valence-electron chi connectivity index (χ0n) is 16.9. The van der Waals surface area contributed by atoms with Crippen LogP contribution in [0.1, 0.15) is 37.5 Å². The van der Waals surface area contributed by atoms with E-state index in [1.165, 1.54) is 5.56 Å². The maximum atomic E-state index is 12.8. The largest absolute Gasteiger partial charge is 0.376 e. The summed E-state index contributed by atoms with van der Waals surface area (Å²) in [4.78, 5) is 18.8. The summed E-state index contributed by atoms with van der Waals surface area (Å²) >= 11 is 0. The van der Waals surface area contributed by atoms with Crippen molar-refractivity contribution in [2.24, 2.45) is 0 Å². The molecule has 2 aromatic rings. The summed E-state index contributed by atoms with van der Waals surface area (Å²) in [6.45, 7) is 7.57. The van der Waals surface area contributed by atoms with Crippen molar-refractivity contribution < 1.29 is 4.79 Å². The van der Waals surface area contributed by atoms with Crippen molar-refractivity contribution in [2.45, 2.75) is 40.0 Å². The van der Waals surface area contributed by atoms with Crippen LogP contribution in [0, 0.1) is 11.3 Å². The van der Waals surface area contributed by atoms with E-state index in [-0.39, 0.29) is 11.5 Å². The van der Waals surface area contributed by atoms with Crippen LogP contribution in [0.4, 0.5) is 5.69 Å². The lowest BCUT2D eigenvalue weighted by molar-refractivity contribution is -0.112. The SMILES string of the molecule is CCc1cccc(CC)c1NC(=O)/C(C#N)=C\N(CC)CCc1ccncc1. The lowest BCUT2D eigenvalue weighted by Gasteiger charge is -2.19. The summed E-state index contributed by atoms with van der Waals surface area (Å²) < 4.78 is 0. The van der Waals surface area contributed by atoms with E-state index in [4.69, 9.17) is 0 Å². The average Bonchev–Trinajstić information content (AvgIpc) is 2.74. The molecule has 1 N–H and O–H groups in total. The van der Waals surface area contributed by atoms with E-state index >= 15 is 0 Å². The molecule has 0 radical (unpaired) electrons. The molecule has 0 fully saturated rings. The Hall–Kier alpha value is -3.13. The number of benzene rings is 1. The van der Waals surface area contributed by atoms with Crippen molar-refractivity contribution in [2.75, 3.05) is 18.4 Å². The maximum absolute atomic E-state index is 12.8. The van der Waals surface area contributed by atoms with Crippen LogP contribution >= 0.6 is 0 Å². The molecule has 2 rings (SSSR count). The molecular weight excluding hydrogens is 348 g/mol. The van der Waals surface area contributed by atoms with Gasteiger partial charge in [-0.15, -0.1) is 0 Å².